The summed E-state index contributed by atoms with van der Waals surface area (Å²) >= 11 is 1.25. The Bertz CT molecular complexity index is 1590. The number of hydrogen-bond acceptors (Lipinski definition) is 9. The molecule has 0 fully saturated rings. The maximum atomic E-state index is 14.1. The Labute approximate surface area is 243 Å². The van der Waals surface area contributed by atoms with E-state index in [0.717, 1.165) is 24.8 Å². The summed E-state index contributed by atoms with van der Waals surface area (Å²) in [7, 11) is 4.68. The number of benzene rings is 2. The topological polar surface area (TPSA) is 97.6 Å². The maximum absolute atomic E-state index is 14.1. The number of para-hydroxylation sites is 2. The molecule has 0 amide bonds. The van der Waals surface area contributed by atoms with Gasteiger partial charge in [0.15, 0.2) is 16.3 Å². The molecule has 0 saturated heterocycles. The molecular formula is C31H36N2O7S. The number of hydrogen-bond donors (Lipinski definition) is 0. The lowest BCUT2D eigenvalue weighted by Crippen LogP contribution is -2.40. The molecule has 0 spiro atoms. The fraction of sp³-hybridized carbons (Fsp3) is 0.387. The summed E-state index contributed by atoms with van der Waals surface area (Å²) in [5, 5.41) is 0. The molecule has 1 atom stereocenters. The van der Waals surface area contributed by atoms with Crippen molar-refractivity contribution in [3.63, 3.8) is 0 Å². The van der Waals surface area contributed by atoms with Crippen LogP contribution < -0.4 is 29.1 Å². The lowest BCUT2D eigenvalue weighted by atomic mass is 9.95. The van der Waals surface area contributed by atoms with E-state index in [1.54, 1.807) is 33.3 Å². The fourth-order valence-electron chi connectivity index (χ4n) is 4.69. The zero-order valence-electron chi connectivity index (χ0n) is 24.1. The average molecular weight is 581 g/mol. The van der Waals surface area contributed by atoms with Crippen LogP contribution in [-0.4, -0.2) is 51.7 Å². The van der Waals surface area contributed by atoms with Crippen LogP contribution in [0.1, 0.15) is 50.3 Å². The number of rotatable bonds is 13. The van der Waals surface area contributed by atoms with E-state index in [2.05, 4.69) is 11.9 Å². The number of nitrogens with zero attached hydrogens (tertiary/aromatic N) is 2. The second kappa shape index (κ2) is 14.1. The van der Waals surface area contributed by atoms with Gasteiger partial charge in [-0.3, -0.25) is 9.36 Å². The molecule has 1 aliphatic rings. The fourth-order valence-corrected chi connectivity index (χ4v) is 5.73. The molecule has 2 heterocycles. The van der Waals surface area contributed by atoms with Crippen LogP contribution in [0.2, 0.25) is 0 Å². The van der Waals surface area contributed by atoms with Gasteiger partial charge in [-0.2, -0.15) is 0 Å². The predicted octanol–water partition coefficient (Wildman–Crippen LogP) is 4.01. The number of esters is 1. The highest BCUT2D eigenvalue weighted by atomic mass is 32.1. The molecule has 2 aromatic carbocycles. The number of carbonyl (C=O) groups excluding carboxylic acids is 1. The lowest BCUT2D eigenvalue weighted by Gasteiger charge is -2.26. The van der Waals surface area contributed by atoms with Crippen molar-refractivity contribution >= 4 is 23.4 Å². The van der Waals surface area contributed by atoms with Gasteiger partial charge in [0.25, 0.3) is 5.56 Å². The predicted molar refractivity (Wildman–Crippen MR) is 158 cm³/mol. The molecule has 41 heavy (non-hydrogen) atoms. The van der Waals surface area contributed by atoms with Crippen molar-refractivity contribution in [2.24, 2.45) is 4.99 Å². The third kappa shape index (κ3) is 6.55. The first-order valence-corrected chi connectivity index (χ1v) is 14.4. The van der Waals surface area contributed by atoms with Crippen molar-refractivity contribution in [1.29, 1.82) is 0 Å². The minimum Gasteiger partial charge on any atom is -0.496 e. The van der Waals surface area contributed by atoms with Gasteiger partial charge in [0.1, 0.15) is 18.4 Å². The summed E-state index contributed by atoms with van der Waals surface area (Å²) in [6, 6.07) is 12.1. The van der Waals surface area contributed by atoms with E-state index in [4.69, 9.17) is 23.7 Å². The minimum absolute atomic E-state index is 0.0754. The zero-order valence-corrected chi connectivity index (χ0v) is 24.9. The molecule has 0 N–H and O–H groups in total. The monoisotopic (exact) mass is 580 g/mol. The van der Waals surface area contributed by atoms with Gasteiger partial charge in [-0.05, 0) is 31.6 Å². The molecule has 3 aromatic rings. The van der Waals surface area contributed by atoms with Crippen LogP contribution in [0.5, 0.6) is 17.2 Å². The van der Waals surface area contributed by atoms with Crippen molar-refractivity contribution in [2.75, 3.05) is 41.2 Å². The number of fused-ring (bicyclic) bond motifs is 1. The van der Waals surface area contributed by atoms with Crippen molar-refractivity contribution in [3.05, 3.63) is 84.5 Å². The standard InChI is InChI=1S/C31H36N2O7S/c1-6-7-10-16-39-28-21(12-11-15-24(28)38-5)19-25-29(34)33-27(22-13-8-9-14-23(22)37-4)26(20(2)32-31(33)41-25)30(35)40-18-17-36-3/h8-9,11-15,19,27H,6-7,10,16-18H2,1-5H3. The second-order valence-electron chi connectivity index (χ2n) is 9.39. The number of unbranched alkanes of at least 4 members (excludes halogenated alkanes) is 2. The van der Waals surface area contributed by atoms with Gasteiger partial charge in [-0.1, -0.05) is 61.4 Å². The van der Waals surface area contributed by atoms with Crippen molar-refractivity contribution in [2.45, 2.75) is 39.2 Å². The molecule has 1 unspecified atom stereocenters. The summed E-state index contributed by atoms with van der Waals surface area (Å²) in [4.78, 5) is 32.6. The Morgan fingerprint density at radius 2 is 1.76 bits per heavy atom. The first-order valence-electron chi connectivity index (χ1n) is 13.6. The number of thiazole rings is 1. The number of carbonyl (C=O) groups is 1. The Morgan fingerprint density at radius 1 is 1.00 bits per heavy atom. The molecule has 1 aliphatic heterocycles. The van der Waals surface area contributed by atoms with Crippen molar-refractivity contribution in [3.8, 4) is 17.2 Å². The third-order valence-electron chi connectivity index (χ3n) is 6.71. The van der Waals surface area contributed by atoms with E-state index < -0.39 is 12.0 Å². The highest BCUT2D eigenvalue weighted by molar-refractivity contribution is 7.07. The quantitative estimate of drug-likeness (QED) is 0.223. The molecule has 9 nitrogen and oxygen atoms in total. The largest absolute Gasteiger partial charge is 0.496 e. The van der Waals surface area contributed by atoms with Crippen molar-refractivity contribution in [1.82, 2.24) is 4.57 Å². The summed E-state index contributed by atoms with van der Waals surface area (Å²) in [5.74, 6) is 1.15. The molecule has 4 rings (SSSR count). The highest BCUT2D eigenvalue weighted by Gasteiger charge is 2.35. The first-order chi connectivity index (χ1) is 19.9. The normalized spacial score (nSPS) is 14.9. The summed E-state index contributed by atoms with van der Waals surface area (Å²) in [5.41, 5.74) is 1.81. The van der Waals surface area contributed by atoms with E-state index in [-0.39, 0.29) is 24.3 Å². The zero-order chi connectivity index (χ0) is 29.4. The average Bonchev–Trinajstić information content (AvgIpc) is 3.28. The smallest absolute Gasteiger partial charge is 0.338 e. The number of aromatic nitrogens is 1. The molecule has 0 radical (unpaired) electrons. The van der Waals surface area contributed by atoms with E-state index in [9.17, 15) is 9.59 Å². The van der Waals surface area contributed by atoms with Gasteiger partial charge in [-0.25, -0.2) is 9.79 Å². The minimum atomic E-state index is -0.797. The van der Waals surface area contributed by atoms with Crippen LogP contribution in [0, 0.1) is 0 Å². The molecule has 218 valence electrons. The van der Waals surface area contributed by atoms with Gasteiger partial charge in [0.2, 0.25) is 0 Å². The Balaban J connectivity index is 1.87. The summed E-state index contributed by atoms with van der Waals surface area (Å²) in [6.45, 7) is 4.75. The van der Waals surface area contributed by atoms with E-state index >= 15 is 0 Å². The van der Waals surface area contributed by atoms with Crippen LogP contribution in [0.15, 0.2) is 63.5 Å². The molecular weight excluding hydrogens is 544 g/mol. The Kier molecular flexibility index (Phi) is 10.4. The van der Waals surface area contributed by atoms with Gasteiger partial charge in [-0.15, -0.1) is 0 Å². The highest BCUT2D eigenvalue weighted by Crippen LogP contribution is 2.36. The van der Waals surface area contributed by atoms with Crippen LogP contribution in [0.3, 0.4) is 0 Å². The lowest BCUT2D eigenvalue weighted by molar-refractivity contribution is -0.140. The summed E-state index contributed by atoms with van der Waals surface area (Å²) in [6.07, 6.45) is 4.84. The SMILES string of the molecule is CCCCCOc1c(C=c2sc3n(c2=O)C(c2ccccc2OC)C(C(=O)OCCOC)=C(C)N=3)cccc1OC. The van der Waals surface area contributed by atoms with Gasteiger partial charge in [0.05, 0.1) is 43.2 Å². The third-order valence-corrected chi connectivity index (χ3v) is 7.69. The van der Waals surface area contributed by atoms with Gasteiger partial charge in [0, 0.05) is 18.2 Å². The maximum Gasteiger partial charge on any atom is 0.338 e. The summed E-state index contributed by atoms with van der Waals surface area (Å²) < 4.78 is 29.8. The van der Waals surface area contributed by atoms with E-state index in [0.29, 0.717) is 44.4 Å². The number of methoxy groups -OCH3 is 3. The molecule has 0 saturated carbocycles. The molecule has 0 aliphatic carbocycles. The first kappa shape index (κ1) is 30.1. The van der Waals surface area contributed by atoms with Gasteiger partial charge >= 0.3 is 5.97 Å². The Morgan fingerprint density at radius 3 is 2.49 bits per heavy atom. The van der Waals surface area contributed by atoms with Crippen LogP contribution in [-0.2, 0) is 14.3 Å². The molecule has 10 heteroatoms. The van der Waals surface area contributed by atoms with E-state index in [1.165, 1.54) is 23.0 Å². The Hall–Kier alpha value is -3.89. The number of allylic oxidation sites excluding steroid dienone is 1. The van der Waals surface area contributed by atoms with Crippen LogP contribution in [0.25, 0.3) is 6.08 Å². The van der Waals surface area contributed by atoms with Gasteiger partial charge < -0.3 is 23.7 Å². The number of ether oxygens (including phenoxy) is 5. The van der Waals surface area contributed by atoms with Crippen LogP contribution >= 0.6 is 11.3 Å². The molecule has 0 bridgehead atoms. The molecule has 1 aromatic heterocycles. The van der Waals surface area contributed by atoms with Crippen LogP contribution in [0.4, 0.5) is 0 Å². The second-order valence-corrected chi connectivity index (χ2v) is 10.4. The van der Waals surface area contributed by atoms with Crippen molar-refractivity contribution < 1.29 is 28.5 Å². The van der Waals surface area contributed by atoms with E-state index in [1.807, 2.05) is 36.4 Å².